The van der Waals surface area contributed by atoms with Crippen LogP contribution in [0.3, 0.4) is 0 Å². The van der Waals surface area contributed by atoms with Crippen molar-refractivity contribution in [2.24, 2.45) is 0 Å². The molecule has 8 nitrogen and oxygen atoms in total. The van der Waals surface area contributed by atoms with Gasteiger partial charge in [-0.25, -0.2) is 0 Å². The van der Waals surface area contributed by atoms with E-state index in [-0.39, 0.29) is 18.4 Å². The van der Waals surface area contributed by atoms with Crippen LogP contribution in [-0.2, 0) is 9.47 Å². The number of ether oxygens (including phenoxy) is 2. The van der Waals surface area contributed by atoms with E-state index < -0.39 is 17.5 Å². The second-order valence-corrected chi connectivity index (χ2v) is 9.48. The van der Waals surface area contributed by atoms with Crippen molar-refractivity contribution in [3.05, 3.63) is 62.9 Å². The number of aromatic nitrogens is 2. The van der Waals surface area contributed by atoms with Gasteiger partial charge in [0.1, 0.15) is 0 Å². The molecular weight excluding hydrogens is 429 g/mol. The van der Waals surface area contributed by atoms with E-state index in [4.69, 9.17) is 9.47 Å². The van der Waals surface area contributed by atoms with E-state index in [0.29, 0.717) is 33.5 Å². The molecule has 9 heteroatoms. The van der Waals surface area contributed by atoms with Crippen LogP contribution in [-0.4, -0.2) is 59.8 Å². The second-order valence-electron chi connectivity index (χ2n) is 7.03. The molecule has 1 unspecified atom stereocenters. The number of hydrogen-bond acceptors (Lipinski definition) is 6. The van der Waals surface area contributed by atoms with Crippen LogP contribution in [0.25, 0.3) is 0 Å². The molecule has 0 aliphatic carbocycles. The molecule has 3 heterocycles. The number of hydrogen-bond donors (Lipinski definition) is 2. The quantitative estimate of drug-likeness (QED) is 0.638. The summed E-state index contributed by atoms with van der Waals surface area (Å²) in [5.41, 5.74) is -0.466. The molecule has 2 aliphatic heterocycles. The van der Waals surface area contributed by atoms with Crippen molar-refractivity contribution in [1.29, 1.82) is 0 Å². The van der Waals surface area contributed by atoms with Gasteiger partial charge in [-0.05, 0) is 0 Å². The summed E-state index contributed by atoms with van der Waals surface area (Å²) in [6.45, 7) is 2.01. The van der Waals surface area contributed by atoms with Crippen molar-refractivity contribution in [2.75, 3.05) is 6.61 Å². The Morgan fingerprint density at radius 3 is 2.86 bits per heavy atom. The van der Waals surface area contributed by atoms with Crippen LogP contribution in [0.15, 0.2) is 46.1 Å². The molecular formula is C19H23N3O5Se. The number of fused-ring (bicyclic) bond motifs is 1. The van der Waals surface area contributed by atoms with Crippen molar-refractivity contribution in [2.45, 2.75) is 49.7 Å². The molecule has 28 heavy (non-hydrogen) atoms. The molecule has 1 aromatic carbocycles. The van der Waals surface area contributed by atoms with Crippen LogP contribution in [0.2, 0.25) is 5.32 Å². The van der Waals surface area contributed by atoms with Gasteiger partial charge in [-0.2, -0.15) is 0 Å². The van der Waals surface area contributed by atoms with Gasteiger partial charge in [0.25, 0.3) is 0 Å². The summed E-state index contributed by atoms with van der Waals surface area (Å²) in [4.78, 5) is 26.0. The van der Waals surface area contributed by atoms with E-state index in [1.54, 1.807) is 6.92 Å². The summed E-state index contributed by atoms with van der Waals surface area (Å²) in [6.07, 6.45) is 1.47. The summed E-state index contributed by atoms with van der Waals surface area (Å²) >= 11 is 0.331. The molecule has 2 aromatic rings. The molecule has 2 aliphatic rings. The molecule has 0 radical (unpaired) electrons. The molecule has 1 aromatic heterocycles. The third kappa shape index (κ3) is 4.00. The summed E-state index contributed by atoms with van der Waals surface area (Å²) < 4.78 is 14.5. The zero-order chi connectivity index (χ0) is 19.7. The average molecular weight is 452 g/mol. The first-order valence-electron chi connectivity index (χ1n) is 9.27. The summed E-state index contributed by atoms with van der Waals surface area (Å²) in [7, 11) is 0. The van der Waals surface area contributed by atoms with Gasteiger partial charge in [0.2, 0.25) is 0 Å². The van der Waals surface area contributed by atoms with E-state index in [1.165, 1.54) is 20.3 Å². The zero-order valence-electron chi connectivity index (χ0n) is 15.5. The van der Waals surface area contributed by atoms with Gasteiger partial charge in [0.05, 0.1) is 0 Å². The maximum absolute atomic E-state index is 12.1. The normalized spacial score (nSPS) is 27.6. The zero-order valence-corrected chi connectivity index (χ0v) is 17.2. The van der Waals surface area contributed by atoms with E-state index in [9.17, 15) is 14.8 Å². The van der Waals surface area contributed by atoms with Gasteiger partial charge in [-0.1, -0.05) is 0 Å². The number of H-pyrrole nitrogens is 1. The van der Waals surface area contributed by atoms with Crippen LogP contribution in [0.1, 0.15) is 24.6 Å². The number of benzene rings is 1. The minimum atomic E-state index is -0.538. The van der Waals surface area contributed by atoms with E-state index in [0.717, 1.165) is 11.7 Å². The molecule has 0 bridgehead atoms. The third-order valence-electron chi connectivity index (χ3n) is 5.12. The number of hydroxylamine groups is 2. The third-order valence-corrected chi connectivity index (χ3v) is 7.32. The first-order chi connectivity index (χ1) is 13.5. The number of nitrogens with one attached hydrogen (secondary N) is 1. The van der Waals surface area contributed by atoms with Gasteiger partial charge in [0, 0.05) is 0 Å². The molecule has 4 atom stereocenters. The first-order valence-corrected chi connectivity index (χ1v) is 11.3. The van der Waals surface area contributed by atoms with Gasteiger partial charge >= 0.3 is 168 Å². The van der Waals surface area contributed by atoms with E-state index in [1.807, 2.05) is 18.2 Å². The number of aryl methyl sites for hydroxylation is 1. The van der Waals surface area contributed by atoms with Crippen molar-refractivity contribution >= 4 is 19.4 Å². The summed E-state index contributed by atoms with van der Waals surface area (Å²) in [5, 5.41) is 12.9. The number of aromatic amines is 1. The summed E-state index contributed by atoms with van der Waals surface area (Å²) in [5.74, 6) is 0. The Kier molecular flexibility index (Phi) is 5.82. The Hall–Kier alpha value is -1.74. The Morgan fingerprint density at radius 2 is 2.07 bits per heavy atom. The van der Waals surface area contributed by atoms with Crippen molar-refractivity contribution in [3.63, 3.8) is 0 Å². The van der Waals surface area contributed by atoms with Gasteiger partial charge in [-0.3, -0.25) is 0 Å². The predicted molar refractivity (Wildman–Crippen MR) is 103 cm³/mol. The van der Waals surface area contributed by atoms with E-state index >= 15 is 0 Å². The Balaban J connectivity index is 1.39. The second kappa shape index (κ2) is 8.32. The van der Waals surface area contributed by atoms with Gasteiger partial charge in [0.15, 0.2) is 0 Å². The van der Waals surface area contributed by atoms with Crippen LogP contribution >= 0.6 is 0 Å². The summed E-state index contributed by atoms with van der Waals surface area (Å²) in [6, 6.07) is 10.1. The SMILES string of the molecule is Cc1cn([C@H]2C[C@@H]3[C@@H](COC(CC[Se]c4ccccc4)N3O)O2)c(=O)[nH]c1=O. The van der Waals surface area contributed by atoms with Crippen molar-refractivity contribution < 1.29 is 14.7 Å². The van der Waals surface area contributed by atoms with Crippen molar-refractivity contribution in [3.8, 4) is 0 Å². The first kappa shape index (κ1) is 19.6. The molecule has 0 amide bonds. The Morgan fingerprint density at radius 1 is 1.29 bits per heavy atom. The van der Waals surface area contributed by atoms with Crippen LogP contribution in [0.5, 0.6) is 0 Å². The molecule has 150 valence electrons. The van der Waals surface area contributed by atoms with Gasteiger partial charge < -0.3 is 0 Å². The fraction of sp³-hybridized carbons (Fsp3) is 0.474. The van der Waals surface area contributed by atoms with Crippen LogP contribution in [0, 0.1) is 6.92 Å². The van der Waals surface area contributed by atoms with Crippen LogP contribution < -0.4 is 15.7 Å². The Bertz CT molecular complexity index is 931. The predicted octanol–water partition coefficient (Wildman–Crippen LogP) is 0.387. The fourth-order valence-electron chi connectivity index (χ4n) is 3.62. The maximum atomic E-state index is 12.1. The molecule has 2 saturated heterocycles. The number of nitrogens with zero attached hydrogens (tertiary/aromatic N) is 2. The van der Waals surface area contributed by atoms with E-state index in [2.05, 4.69) is 17.1 Å². The molecule has 2 N–H and O–H groups in total. The molecule has 0 spiro atoms. The van der Waals surface area contributed by atoms with Crippen LogP contribution in [0.4, 0.5) is 0 Å². The molecule has 4 rings (SSSR count). The standard InChI is InChI=1S/C19H23N3O5Se/c1-12-10-21(19(24)20-18(12)23)17-9-14-15(27-17)11-26-16(22(14)25)7-8-28-13-5-3-2-4-6-13/h2-6,10,14-17,25H,7-9,11H2,1H3,(H,20,23,24)/t14-,15-,16?,17-/m1/s1. The molecule has 2 fully saturated rings. The van der Waals surface area contributed by atoms with Crippen molar-refractivity contribution in [1.82, 2.24) is 14.6 Å². The monoisotopic (exact) mass is 453 g/mol. The topological polar surface area (TPSA) is 96.8 Å². The fourth-order valence-corrected chi connectivity index (χ4v) is 5.52. The average Bonchev–Trinajstić information content (AvgIpc) is 3.12. The molecule has 0 saturated carbocycles. The number of rotatable bonds is 5. The Labute approximate surface area is 168 Å². The minimum absolute atomic E-state index is 0.243. The van der Waals surface area contributed by atoms with Gasteiger partial charge in [-0.15, -0.1) is 0 Å².